The summed E-state index contributed by atoms with van der Waals surface area (Å²) in [6.07, 6.45) is -0.438. The van der Waals surface area contributed by atoms with Crippen molar-refractivity contribution >= 4 is 0 Å². The number of aliphatic hydroxyl groups excluding tert-OH is 1. The predicted octanol–water partition coefficient (Wildman–Crippen LogP) is 2.27. The summed E-state index contributed by atoms with van der Waals surface area (Å²) >= 11 is 0. The number of ether oxygens (including phenoxy) is 1. The Morgan fingerprint density at radius 1 is 1.14 bits per heavy atom. The zero-order valence-electron chi connectivity index (χ0n) is 13.7. The fraction of sp³-hybridized carbons (Fsp3) is 0.647. The molecule has 118 valence electrons. The van der Waals surface area contributed by atoms with E-state index in [1.165, 1.54) is 0 Å². The second-order valence-electron chi connectivity index (χ2n) is 6.15. The Bertz CT molecular complexity index is 452. The number of hydrogen-bond donors (Lipinski definition) is 1. The summed E-state index contributed by atoms with van der Waals surface area (Å²) in [7, 11) is 1.71. The van der Waals surface area contributed by atoms with Gasteiger partial charge in [-0.1, -0.05) is 6.07 Å². The number of piperazine rings is 1. The number of aliphatic hydroxyl groups is 1. The van der Waals surface area contributed by atoms with E-state index in [-0.39, 0.29) is 0 Å². The molecule has 1 fully saturated rings. The fourth-order valence-corrected chi connectivity index (χ4v) is 2.86. The lowest BCUT2D eigenvalue weighted by molar-refractivity contribution is 0.103. The van der Waals surface area contributed by atoms with Crippen LogP contribution in [0, 0.1) is 0 Å². The van der Waals surface area contributed by atoms with Crippen molar-refractivity contribution in [2.24, 2.45) is 0 Å². The molecule has 1 unspecified atom stereocenters. The molecule has 1 heterocycles. The van der Waals surface area contributed by atoms with Gasteiger partial charge in [-0.15, -0.1) is 0 Å². The second-order valence-corrected chi connectivity index (χ2v) is 6.15. The monoisotopic (exact) mass is 292 g/mol. The number of nitrogens with zero attached hydrogens (tertiary/aromatic N) is 2. The van der Waals surface area contributed by atoms with Crippen LogP contribution in [0.2, 0.25) is 0 Å². The second kappa shape index (κ2) is 7.25. The van der Waals surface area contributed by atoms with E-state index in [4.69, 9.17) is 4.74 Å². The van der Waals surface area contributed by atoms with Crippen LogP contribution in [-0.2, 0) is 6.54 Å². The fourth-order valence-electron chi connectivity index (χ4n) is 2.86. The highest BCUT2D eigenvalue weighted by Gasteiger charge is 2.20. The SMILES string of the molecule is COc1ccc(C(C)O)cc1CN1CCN(C(C)C)CC1. The molecular formula is C17H28N2O2. The lowest BCUT2D eigenvalue weighted by Gasteiger charge is -2.37. The van der Waals surface area contributed by atoms with E-state index in [1.54, 1.807) is 14.0 Å². The maximum atomic E-state index is 9.75. The Morgan fingerprint density at radius 2 is 1.81 bits per heavy atom. The average Bonchev–Trinajstić information content (AvgIpc) is 2.47. The Hall–Kier alpha value is -1.10. The zero-order valence-corrected chi connectivity index (χ0v) is 13.7. The van der Waals surface area contributed by atoms with Gasteiger partial charge in [0.15, 0.2) is 0 Å². The van der Waals surface area contributed by atoms with Gasteiger partial charge >= 0.3 is 0 Å². The van der Waals surface area contributed by atoms with Gasteiger partial charge in [0.25, 0.3) is 0 Å². The average molecular weight is 292 g/mol. The van der Waals surface area contributed by atoms with Crippen molar-refractivity contribution in [3.63, 3.8) is 0 Å². The summed E-state index contributed by atoms with van der Waals surface area (Å²) in [6.45, 7) is 11.6. The minimum absolute atomic E-state index is 0.438. The minimum Gasteiger partial charge on any atom is -0.496 e. The van der Waals surface area contributed by atoms with Crippen molar-refractivity contribution < 1.29 is 9.84 Å². The molecule has 1 N–H and O–H groups in total. The molecule has 0 saturated carbocycles. The van der Waals surface area contributed by atoms with Gasteiger partial charge in [0, 0.05) is 44.3 Å². The molecule has 2 rings (SSSR count). The van der Waals surface area contributed by atoms with Gasteiger partial charge in [-0.05, 0) is 38.5 Å². The standard InChI is InChI=1S/C17H28N2O2/c1-13(2)19-9-7-18(8-10-19)12-16-11-15(14(3)20)5-6-17(16)21-4/h5-6,11,13-14,20H,7-10,12H2,1-4H3. The van der Waals surface area contributed by atoms with E-state index in [9.17, 15) is 5.11 Å². The Morgan fingerprint density at radius 3 is 2.33 bits per heavy atom. The third-order valence-electron chi connectivity index (χ3n) is 4.32. The maximum Gasteiger partial charge on any atom is 0.123 e. The van der Waals surface area contributed by atoms with Crippen molar-refractivity contribution in [1.82, 2.24) is 9.80 Å². The molecule has 1 aliphatic rings. The van der Waals surface area contributed by atoms with Crippen LogP contribution in [-0.4, -0.2) is 54.2 Å². The number of benzene rings is 1. The van der Waals surface area contributed by atoms with E-state index in [1.807, 2.05) is 12.1 Å². The van der Waals surface area contributed by atoms with Gasteiger partial charge in [-0.3, -0.25) is 9.80 Å². The first-order chi connectivity index (χ1) is 10.0. The van der Waals surface area contributed by atoms with Crippen molar-refractivity contribution in [2.75, 3.05) is 33.3 Å². The van der Waals surface area contributed by atoms with E-state index in [0.29, 0.717) is 6.04 Å². The van der Waals surface area contributed by atoms with Crippen LogP contribution in [0.25, 0.3) is 0 Å². The predicted molar refractivity (Wildman–Crippen MR) is 85.6 cm³/mol. The van der Waals surface area contributed by atoms with Crippen LogP contribution in [0.1, 0.15) is 38.0 Å². The highest BCUT2D eigenvalue weighted by atomic mass is 16.5. The highest BCUT2D eigenvalue weighted by Crippen LogP contribution is 2.25. The van der Waals surface area contributed by atoms with Gasteiger partial charge in [0.2, 0.25) is 0 Å². The van der Waals surface area contributed by atoms with Crippen LogP contribution in [0.3, 0.4) is 0 Å². The van der Waals surface area contributed by atoms with Crippen molar-refractivity contribution in [3.8, 4) is 5.75 Å². The topological polar surface area (TPSA) is 35.9 Å². The van der Waals surface area contributed by atoms with Crippen LogP contribution in [0.5, 0.6) is 5.75 Å². The molecule has 1 aromatic carbocycles. The molecular weight excluding hydrogens is 264 g/mol. The van der Waals surface area contributed by atoms with Crippen molar-refractivity contribution in [1.29, 1.82) is 0 Å². The first kappa shape index (κ1) is 16.3. The van der Waals surface area contributed by atoms with E-state index in [2.05, 4.69) is 29.7 Å². The Kier molecular flexibility index (Phi) is 5.62. The smallest absolute Gasteiger partial charge is 0.123 e. The number of methoxy groups -OCH3 is 1. The zero-order chi connectivity index (χ0) is 15.4. The third kappa shape index (κ3) is 4.19. The molecule has 0 aromatic heterocycles. The molecule has 1 atom stereocenters. The summed E-state index contributed by atoms with van der Waals surface area (Å²) in [6, 6.07) is 6.59. The van der Waals surface area contributed by atoms with Crippen LogP contribution in [0.4, 0.5) is 0 Å². The number of rotatable bonds is 5. The molecule has 21 heavy (non-hydrogen) atoms. The third-order valence-corrected chi connectivity index (χ3v) is 4.32. The molecule has 1 saturated heterocycles. The summed E-state index contributed by atoms with van der Waals surface area (Å²) in [5, 5.41) is 9.75. The molecule has 4 heteroatoms. The largest absolute Gasteiger partial charge is 0.496 e. The maximum absolute atomic E-state index is 9.75. The van der Waals surface area contributed by atoms with Crippen LogP contribution < -0.4 is 4.74 Å². The Balaban J connectivity index is 2.04. The summed E-state index contributed by atoms with van der Waals surface area (Å²) < 4.78 is 5.46. The molecule has 1 aromatic rings. The van der Waals surface area contributed by atoms with Gasteiger partial charge in [-0.25, -0.2) is 0 Å². The van der Waals surface area contributed by atoms with Crippen LogP contribution >= 0.6 is 0 Å². The first-order valence-corrected chi connectivity index (χ1v) is 7.82. The summed E-state index contributed by atoms with van der Waals surface area (Å²) in [5.41, 5.74) is 2.11. The number of hydrogen-bond acceptors (Lipinski definition) is 4. The summed E-state index contributed by atoms with van der Waals surface area (Å²) in [5.74, 6) is 0.908. The molecule has 0 amide bonds. The molecule has 0 radical (unpaired) electrons. The van der Waals surface area contributed by atoms with Crippen molar-refractivity contribution in [3.05, 3.63) is 29.3 Å². The molecule has 1 aliphatic heterocycles. The lowest BCUT2D eigenvalue weighted by atomic mass is 10.1. The molecule has 4 nitrogen and oxygen atoms in total. The van der Waals surface area contributed by atoms with Gasteiger partial charge in [0.1, 0.15) is 5.75 Å². The van der Waals surface area contributed by atoms with E-state index < -0.39 is 6.10 Å². The first-order valence-electron chi connectivity index (χ1n) is 7.82. The molecule has 0 aliphatic carbocycles. The van der Waals surface area contributed by atoms with Gasteiger partial charge < -0.3 is 9.84 Å². The van der Waals surface area contributed by atoms with E-state index in [0.717, 1.165) is 49.6 Å². The Labute approximate surface area is 128 Å². The van der Waals surface area contributed by atoms with Crippen LogP contribution in [0.15, 0.2) is 18.2 Å². The quantitative estimate of drug-likeness (QED) is 0.903. The molecule has 0 bridgehead atoms. The molecule has 0 spiro atoms. The minimum atomic E-state index is -0.438. The summed E-state index contributed by atoms with van der Waals surface area (Å²) in [4.78, 5) is 4.97. The van der Waals surface area contributed by atoms with Gasteiger partial charge in [-0.2, -0.15) is 0 Å². The van der Waals surface area contributed by atoms with Gasteiger partial charge in [0.05, 0.1) is 13.2 Å². The van der Waals surface area contributed by atoms with E-state index >= 15 is 0 Å². The van der Waals surface area contributed by atoms with Crippen molar-refractivity contribution in [2.45, 2.75) is 39.5 Å². The normalized spacial score (nSPS) is 19.0. The lowest BCUT2D eigenvalue weighted by Crippen LogP contribution is -2.48. The highest BCUT2D eigenvalue weighted by molar-refractivity contribution is 5.38.